The largest absolute Gasteiger partial charge is 0.492 e. The zero-order valence-electron chi connectivity index (χ0n) is 16.0. The van der Waals surface area contributed by atoms with E-state index in [0.717, 1.165) is 29.4 Å². The fraction of sp³-hybridized carbons (Fsp3) is 0.364. The van der Waals surface area contributed by atoms with Crippen molar-refractivity contribution in [3.63, 3.8) is 0 Å². The molecule has 2 atom stereocenters. The first kappa shape index (κ1) is 20.1. The molecule has 0 bridgehead atoms. The van der Waals surface area contributed by atoms with E-state index in [4.69, 9.17) is 9.84 Å². The summed E-state index contributed by atoms with van der Waals surface area (Å²) in [4.78, 5) is 17.4. The van der Waals surface area contributed by atoms with Crippen LogP contribution in [0.15, 0.2) is 60.1 Å². The van der Waals surface area contributed by atoms with Crippen molar-refractivity contribution in [3.05, 3.63) is 65.7 Å². The zero-order chi connectivity index (χ0) is 19.8. The second-order valence-electron chi connectivity index (χ2n) is 6.87. The Hall–Kier alpha value is -2.60. The van der Waals surface area contributed by atoms with Gasteiger partial charge in [-0.2, -0.15) is 0 Å². The molecule has 28 heavy (non-hydrogen) atoms. The van der Waals surface area contributed by atoms with Gasteiger partial charge in [0.1, 0.15) is 12.4 Å². The molecule has 0 amide bonds. The maximum absolute atomic E-state index is 10.6. The van der Waals surface area contributed by atoms with E-state index in [2.05, 4.69) is 41.1 Å². The average molecular weight is 399 g/mol. The molecule has 1 N–H and O–H groups in total. The van der Waals surface area contributed by atoms with Crippen LogP contribution in [0.25, 0.3) is 0 Å². The van der Waals surface area contributed by atoms with Crippen LogP contribution in [-0.4, -0.2) is 35.3 Å². The van der Waals surface area contributed by atoms with Crippen LogP contribution < -0.4 is 9.64 Å². The SMILES string of the molecule is CC1C=CC=CC1N(CCOc1ccc(CCCC(=O)O)cc1)c1nccs1. The highest BCUT2D eigenvalue weighted by molar-refractivity contribution is 7.13. The zero-order valence-corrected chi connectivity index (χ0v) is 16.8. The Morgan fingerprint density at radius 2 is 2.04 bits per heavy atom. The van der Waals surface area contributed by atoms with Gasteiger partial charge in [-0.15, -0.1) is 11.3 Å². The first-order chi connectivity index (χ1) is 13.6. The fourth-order valence-electron chi connectivity index (χ4n) is 3.28. The third-order valence-electron chi connectivity index (χ3n) is 4.78. The van der Waals surface area contributed by atoms with Crippen molar-refractivity contribution in [2.24, 2.45) is 5.92 Å². The van der Waals surface area contributed by atoms with Crippen LogP contribution in [0.3, 0.4) is 0 Å². The van der Waals surface area contributed by atoms with Crippen molar-refractivity contribution in [2.45, 2.75) is 32.2 Å². The molecule has 6 heteroatoms. The minimum atomic E-state index is -0.748. The molecule has 0 radical (unpaired) electrons. The Morgan fingerprint density at radius 1 is 1.25 bits per heavy atom. The number of aliphatic carboxylic acids is 1. The van der Waals surface area contributed by atoms with Gasteiger partial charge in [-0.3, -0.25) is 4.79 Å². The van der Waals surface area contributed by atoms with Gasteiger partial charge in [0, 0.05) is 18.0 Å². The number of hydrogen-bond donors (Lipinski definition) is 1. The lowest BCUT2D eigenvalue weighted by Crippen LogP contribution is -2.41. The normalized spacial score (nSPS) is 18.2. The van der Waals surface area contributed by atoms with Crippen molar-refractivity contribution in [3.8, 4) is 5.75 Å². The first-order valence-electron chi connectivity index (χ1n) is 9.58. The molecule has 2 aromatic rings. The maximum atomic E-state index is 10.6. The van der Waals surface area contributed by atoms with E-state index in [-0.39, 0.29) is 12.5 Å². The lowest BCUT2D eigenvalue weighted by Gasteiger charge is -2.33. The quantitative estimate of drug-likeness (QED) is 0.635. The van der Waals surface area contributed by atoms with Crippen LogP contribution >= 0.6 is 11.3 Å². The summed E-state index contributed by atoms with van der Waals surface area (Å²) in [6.45, 7) is 3.54. The lowest BCUT2D eigenvalue weighted by atomic mass is 9.96. The number of hydrogen-bond acceptors (Lipinski definition) is 5. The van der Waals surface area contributed by atoms with Crippen molar-refractivity contribution in [2.75, 3.05) is 18.1 Å². The van der Waals surface area contributed by atoms with Crippen LogP contribution in [0.5, 0.6) is 5.75 Å². The number of aryl methyl sites for hydroxylation is 1. The molecular weight excluding hydrogens is 372 g/mol. The molecular formula is C22H26N2O3S. The van der Waals surface area contributed by atoms with Crippen LogP contribution in [0, 0.1) is 5.92 Å². The summed E-state index contributed by atoms with van der Waals surface area (Å²) in [6, 6.07) is 8.20. The van der Waals surface area contributed by atoms with Gasteiger partial charge in [0.25, 0.3) is 0 Å². The van der Waals surface area contributed by atoms with E-state index in [1.54, 1.807) is 11.3 Å². The molecule has 1 aromatic carbocycles. The van der Waals surface area contributed by atoms with Gasteiger partial charge in [0.15, 0.2) is 5.13 Å². The molecule has 0 fully saturated rings. The number of carboxylic acids is 1. The fourth-order valence-corrected chi connectivity index (χ4v) is 4.00. The summed E-state index contributed by atoms with van der Waals surface area (Å²) in [6.07, 6.45) is 12.1. The number of carbonyl (C=O) groups is 1. The van der Waals surface area contributed by atoms with E-state index in [0.29, 0.717) is 18.9 Å². The van der Waals surface area contributed by atoms with Crippen molar-refractivity contribution in [1.82, 2.24) is 4.98 Å². The summed E-state index contributed by atoms with van der Waals surface area (Å²) in [5.74, 6) is 0.495. The molecule has 2 unspecified atom stereocenters. The number of benzene rings is 1. The Morgan fingerprint density at radius 3 is 2.71 bits per heavy atom. The first-order valence-corrected chi connectivity index (χ1v) is 10.5. The predicted molar refractivity (Wildman–Crippen MR) is 113 cm³/mol. The lowest BCUT2D eigenvalue weighted by molar-refractivity contribution is -0.137. The van der Waals surface area contributed by atoms with Gasteiger partial charge in [0.05, 0.1) is 12.6 Å². The average Bonchev–Trinajstić information content (AvgIpc) is 3.21. The maximum Gasteiger partial charge on any atom is 0.303 e. The van der Waals surface area contributed by atoms with Crippen LogP contribution in [0.4, 0.5) is 5.13 Å². The molecule has 0 spiro atoms. The molecule has 0 saturated heterocycles. The monoisotopic (exact) mass is 398 g/mol. The van der Waals surface area contributed by atoms with Gasteiger partial charge >= 0.3 is 5.97 Å². The minimum absolute atomic E-state index is 0.202. The second-order valence-corrected chi connectivity index (χ2v) is 7.74. The van der Waals surface area contributed by atoms with Crippen LogP contribution in [-0.2, 0) is 11.2 Å². The van der Waals surface area contributed by atoms with Crippen LogP contribution in [0.2, 0.25) is 0 Å². The standard InChI is InChI=1S/C22H26N2O3S/c1-17-5-2-3-7-20(17)24(22-23-13-16-28-22)14-15-27-19-11-9-18(10-12-19)6-4-8-21(25)26/h2-3,5,7,9-13,16-17,20H,4,6,8,14-15H2,1H3,(H,25,26). The van der Waals surface area contributed by atoms with E-state index in [1.165, 1.54) is 0 Å². The number of allylic oxidation sites excluding steroid dienone is 2. The Balaban J connectivity index is 1.53. The number of ether oxygens (including phenoxy) is 1. The predicted octanol–water partition coefficient (Wildman–Crippen LogP) is 4.57. The Kier molecular flexibility index (Phi) is 7.25. The highest BCUT2D eigenvalue weighted by atomic mass is 32.1. The summed E-state index contributed by atoms with van der Waals surface area (Å²) in [5, 5.41) is 11.7. The Bertz CT molecular complexity index is 800. The molecule has 1 aliphatic rings. The van der Waals surface area contributed by atoms with Gasteiger partial charge in [-0.25, -0.2) is 4.98 Å². The van der Waals surface area contributed by atoms with Crippen LogP contribution in [0.1, 0.15) is 25.3 Å². The molecule has 0 aliphatic heterocycles. The number of nitrogens with zero attached hydrogens (tertiary/aromatic N) is 2. The highest BCUT2D eigenvalue weighted by Gasteiger charge is 2.24. The second kappa shape index (κ2) is 10.1. The van der Waals surface area contributed by atoms with Crippen molar-refractivity contribution >= 4 is 22.4 Å². The van der Waals surface area contributed by atoms with E-state index >= 15 is 0 Å². The van der Waals surface area contributed by atoms with Gasteiger partial charge in [-0.05, 0) is 36.5 Å². The topological polar surface area (TPSA) is 62.7 Å². The van der Waals surface area contributed by atoms with Gasteiger partial charge < -0.3 is 14.7 Å². The van der Waals surface area contributed by atoms with E-state index in [1.807, 2.05) is 35.8 Å². The third kappa shape index (κ3) is 5.70. The number of aromatic nitrogens is 1. The Labute approximate surface area is 170 Å². The highest BCUT2D eigenvalue weighted by Crippen LogP contribution is 2.26. The molecule has 3 rings (SSSR count). The summed E-state index contributed by atoms with van der Waals surface area (Å²) >= 11 is 1.64. The summed E-state index contributed by atoms with van der Waals surface area (Å²) in [5.41, 5.74) is 1.13. The van der Waals surface area contributed by atoms with Crippen molar-refractivity contribution in [1.29, 1.82) is 0 Å². The molecule has 148 valence electrons. The third-order valence-corrected chi connectivity index (χ3v) is 5.59. The molecule has 1 aliphatic carbocycles. The summed E-state index contributed by atoms with van der Waals surface area (Å²) < 4.78 is 5.96. The van der Waals surface area contributed by atoms with Crippen molar-refractivity contribution < 1.29 is 14.6 Å². The van der Waals surface area contributed by atoms with Gasteiger partial charge in [-0.1, -0.05) is 43.4 Å². The number of thiazole rings is 1. The van der Waals surface area contributed by atoms with Gasteiger partial charge in [0.2, 0.25) is 0 Å². The summed E-state index contributed by atoms with van der Waals surface area (Å²) in [7, 11) is 0. The molecule has 1 heterocycles. The number of anilines is 1. The molecule has 1 aromatic heterocycles. The molecule has 0 saturated carbocycles. The minimum Gasteiger partial charge on any atom is -0.492 e. The van der Waals surface area contributed by atoms with E-state index in [9.17, 15) is 4.79 Å². The van der Waals surface area contributed by atoms with E-state index < -0.39 is 5.97 Å². The number of carboxylic acid groups (broad SMARTS) is 1. The molecule has 5 nitrogen and oxygen atoms in total. The number of rotatable bonds is 10. The smallest absolute Gasteiger partial charge is 0.303 e.